The van der Waals surface area contributed by atoms with Crippen LogP contribution in [0, 0.1) is 11.7 Å². The molecule has 214 valence electrons. The fourth-order valence-electron chi connectivity index (χ4n) is 4.83. The van der Waals surface area contributed by atoms with Crippen molar-refractivity contribution in [3.8, 4) is 11.3 Å². The van der Waals surface area contributed by atoms with Crippen molar-refractivity contribution in [2.75, 3.05) is 24.1 Å². The van der Waals surface area contributed by atoms with Crippen molar-refractivity contribution in [3.63, 3.8) is 0 Å². The van der Waals surface area contributed by atoms with E-state index in [9.17, 15) is 17.6 Å². The van der Waals surface area contributed by atoms with Gasteiger partial charge in [0.25, 0.3) is 5.91 Å². The van der Waals surface area contributed by atoms with Crippen molar-refractivity contribution in [1.29, 1.82) is 0 Å². The summed E-state index contributed by atoms with van der Waals surface area (Å²) >= 11 is 0. The molecule has 1 unspecified atom stereocenters. The largest absolute Gasteiger partial charge is 0.455 e. The monoisotopic (exact) mass is 576 g/mol. The van der Waals surface area contributed by atoms with Crippen LogP contribution in [0.4, 0.5) is 10.1 Å². The molecule has 7 nitrogen and oxygen atoms in total. The molecule has 1 aromatic heterocycles. The fourth-order valence-corrected chi connectivity index (χ4v) is 6.06. The topological polar surface area (TPSA) is 97.6 Å². The quantitative estimate of drug-likeness (QED) is 0.174. The number of hydrogen-bond donors (Lipinski definition) is 2. The third-order valence-electron chi connectivity index (χ3n) is 7.24. The van der Waals surface area contributed by atoms with Crippen LogP contribution >= 0.6 is 0 Å². The number of nitrogens with one attached hydrogen (secondary N) is 2. The van der Waals surface area contributed by atoms with Crippen molar-refractivity contribution in [1.82, 2.24) is 5.32 Å². The minimum Gasteiger partial charge on any atom is -0.455 e. The lowest BCUT2D eigenvalue weighted by Gasteiger charge is -2.16. The zero-order chi connectivity index (χ0) is 29.0. The minimum absolute atomic E-state index is 0.108. The Hall–Kier alpha value is -3.95. The van der Waals surface area contributed by atoms with Crippen LogP contribution in [0.15, 0.2) is 83.8 Å². The number of amides is 1. The number of benzene rings is 3. The average molecular weight is 577 g/mol. The van der Waals surface area contributed by atoms with E-state index in [4.69, 9.17) is 9.15 Å². The summed E-state index contributed by atoms with van der Waals surface area (Å²) < 4.78 is 54.7. The summed E-state index contributed by atoms with van der Waals surface area (Å²) in [7, 11) is -2.18. The molecule has 41 heavy (non-hydrogen) atoms. The maximum atomic E-state index is 13.6. The smallest absolute Gasteiger partial charge is 0.255 e. The molecule has 1 saturated carbocycles. The first kappa shape index (κ1) is 28.6. The van der Waals surface area contributed by atoms with Gasteiger partial charge in [-0.05, 0) is 66.6 Å². The lowest BCUT2D eigenvalue weighted by Crippen LogP contribution is -2.21. The van der Waals surface area contributed by atoms with E-state index in [1.54, 1.807) is 24.3 Å². The van der Waals surface area contributed by atoms with Gasteiger partial charge in [0.15, 0.2) is 0 Å². The van der Waals surface area contributed by atoms with Crippen LogP contribution in [0.2, 0.25) is 0 Å². The van der Waals surface area contributed by atoms with E-state index in [1.807, 2.05) is 36.4 Å². The predicted molar refractivity (Wildman–Crippen MR) is 159 cm³/mol. The van der Waals surface area contributed by atoms with Gasteiger partial charge in [0.1, 0.15) is 17.2 Å². The van der Waals surface area contributed by atoms with E-state index >= 15 is 0 Å². The molecule has 9 heteroatoms. The summed E-state index contributed by atoms with van der Waals surface area (Å²) in [6, 6.07) is 19.0. The lowest BCUT2D eigenvalue weighted by atomic mass is 10.0. The SMILES string of the molecule is C=CC(CCS(=O)(=O)Nc1cc2oc(-c3ccc(F)cc3)c(C(=O)NC)c2cc1C1CC1)COCc1ccccc1. The number of furan rings is 1. The molecule has 3 aromatic carbocycles. The summed E-state index contributed by atoms with van der Waals surface area (Å²) in [5.74, 6) is -0.498. The first-order valence-corrected chi connectivity index (χ1v) is 15.3. The summed E-state index contributed by atoms with van der Waals surface area (Å²) in [6.45, 7) is 4.67. The number of hydrogen-bond acceptors (Lipinski definition) is 5. The molecule has 0 radical (unpaired) electrons. The molecule has 2 N–H and O–H groups in total. The van der Waals surface area contributed by atoms with Gasteiger partial charge in [-0.1, -0.05) is 36.4 Å². The van der Waals surface area contributed by atoms with Gasteiger partial charge in [-0.2, -0.15) is 0 Å². The summed E-state index contributed by atoms with van der Waals surface area (Å²) in [5, 5.41) is 3.23. The number of ether oxygens (including phenoxy) is 1. The number of rotatable bonds is 13. The maximum Gasteiger partial charge on any atom is 0.255 e. The standard InChI is InChI=1S/C32H33FN2O5S/c1-3-21(19-39-20-22-7-5-4-6-8-22)15-16-41(37,38)35-28-18-29-27(17-26(28)23-9-10-23)30(32(36)34-2)31(40-29)24-11-13-25(33)14-12-24/h3-8,11-14,17-18,21,23,35H,1,9-10,15-16,19-20H2,2H3,(H,34,36). The molecular formula is C32H33FN2O5S. The Morgan fingerprint density at radius 1 is 1.15 bits per heavy atom. The van der Waals surface area contributed by atoms with Crippen LogP contribution in [0.3, 0.4) is 0 Å². The number of carbonyl (C=O) groups is 1. The Kier molecular flexibility index (Phi) is 8.56. The number of sulfonamides is 1. The third kappa shape index (κ3) is 6.86. The Morgan fingerprint density at radius 3 is 2.54 bits per heavy atom. The Bertz CT molecular complexity index is 1650. The molecular weight excluding hydrogens is 543 g/mol. The summed E-state index contributed by atoms with van der Waals surface area (Å²) in [5.41, 5.74) is 3.55. The van der Waals surface area contributed by atoms with Crippen LogP contribution in [-0.2, 0) is 21.4 Å². The average Bonchev–Trinajstić information content (AvgIpc) is 3.75. The molecule has 1 atom stereocenters. The summed E-state index contributed by atoms with van der Waals surface area (Å²) in [4.78, 5) is 12.9. The number of carbonyl (C=O) groups excluding carboxylic acids is 1. The Morgan fingerprint density at radius 2 is 1.88 bits per heavy atom. The molecule has 0 bridgehead atoms. The zero-order valence-electron chi connectivity index (χ0n) is 22.9. The van der Waals surface area contributed by atoms with Gasteiger partial charge in [-0.3, -0.25) is 9.52 Å². The van der Waals surface area contributed by atoms with Crippen LogP contribution in [0.1, 0.15) is 46.7 Å². The molecule has 1 aliphatic rings. The fraction of sp³-hybridized carbons (Fsp3) is 0.281. The molecule has 1 fully saturated rings. The van der Waals surface area contributed by atoms with E-state index in [0.717, 1.165) is 24.0 Å². The molecule has 1 heterocycles. The Balaban J connectivity index is 1.36. The van der Waals surface area contributed by atoms with Gasteiger partial charge in [-0.25, -0.2) is 12.8 Å². The van der Waals surface area contributed by atoms with Crippen molar-refractivity contribution >= 4 is 32.6 Å². The lowest BCUT2D eigenvalue weighted by molar-refractivity contribution is 0.0964. The van der Waals surface area contributed by atoms with Crippen molar-refractivity contribution in [3.05, 3.63) is 102 Å². The summed E-state index contributed by atoms with van der Waals surface area (Å²) in [6.07, 6.45) is 3.93. The maximum absolute atomic E-state index is 13.6. The highest BCUT2D eigenvalue weighted by Crippen LogP contribution is 2.47. The van der Waals surface area contributed by atoms with E-state index in [-0.39, 0.29) is 23.5 Å². The molecule has 0 saturated heterocycles. The highest BCUT2D eigenvalue weighted by atomic mass is 32.2. The third-order valence-corrected chi connectivity index (χ3v) is 8.54. The zero-order valence-corrected chi connectivity index (χ0v) is 23.7. The van der Waals surface area contributed by atoms with Crippen molar-refractivity contribution in [2.24, 2.45) is 5.92 Å². The normalized spacial score (nSPS) is 14.1. The van der Waals surface area contributed by atoms with Crippen LogP contribution in [0.5, 0.6) is 0 Å². The predicted octanol–water partition coefficient (Wildman–Crippen LogP) is 6.63. The highest BCUT2D eigenvalue weighted by molar-refractivity contribution is 7.92. The van der Waals surface area contributed by atoms with Crippen LogP contribution in [-0.4, -0.2) is 33.7 Å². The van der Waals surface area contributed by atoms with E-state index in [1.165, 1.54) is 19.2 Å². The van der Waals surface area contributed by atoms with Crippen LogP contribution in [0.25, 0.3) is 22.3 Å². The van der Waals surface area contributed by atoms with Gasteiger partial charge in [-0.15, -0.1) is 6.58 Å². The first-order chi connectivity index (χ1) is 19.8. The first-order valence-electron chi connectivity index (χ1n) is 13.6. The second-order valence-corrected chi connectivity index (χ2v) is 12.2. The molecule has 5 rings (SSSR count). The van der Waals surface area contributed by atoms with E-state index in [0.29, 0.717) is 53.2 Å². The molecule has 0 spiro atoms. The van der Waals surface area contributed by atoms with Gasteiger partial charge in [0.05, 0.1) is 30.2 Å². The van der Waals surface area contributed by atoms with Gasteiger partial charge in [0.2, 0.25) is 10.0 Å². The van der Waals surface area contributed by atoms with Crippen LogP contribution < -0.4 is 10.0 Å². The Labute approximate surface area is 239 Å². The molecule has 0 aliphatic heterocycles. The van der Waals surface area contributed by atoms with Gasteiger partial charge >= 0.3 is 0 Å². The number of halogens is 1. The molecule has 1 aliphatic carbocycles. The van der Waals surface area contributed by atoms with Crippen molar-refractivity contribution in [2.45, 2.75) is 31.8 Å². The number of anilines is 1. The second-order valence-electron chi connectivity index (χ2n) is 10.3. The highest BCUT2D eigenvalue weighted by Gasteiger charge is 2.31. The van der Waals surface area contributed by atoms with E-state index in [2.05, 4.69) is 16.6 Å². The minimum atomic E-state index is -3.71. The number of fused-ring (bicyclic) bond motifs is 1. The van der Waals surface area contributed by atoms with Gasteiger partial charge < -0.3 is 14.5 Å². The molecule has 1 amide bonds. The van der Waals surface area contributed by atoms with Gasteiger partial charge in [0, 0.05) is 30.0 Å². The van der Waals surface area contributed by atoms with Crippen molar-refractivity contribution < 1.29 is 26.8 Å². The second kappa shape index (κ2) is 12.3. The molecule has 4 aromatic rings. The van der Waals surface area contributed by atoms with E-state index < -0.39 is 15.8 Å².